The van der Waals surface area contributed by atoms with Gasteiger partial charge in [-0.05, 0) is 18.2 Å². The van der Waals surface area contributed by atoms with Gasteiger partial charge >= 0.3 is 0 Å². The van der Waals surface area contributed by atoms with Gasteiger partial charge in [0.05, 0.1) is 31.5 Å². The second-order valence-corrected chi connectivity index (χ2v) is 8.38. The lowest BCUT2D eigenvalue weighted by Crippen LogP contribution is -2.30. The van der Waals surface area contributed by atoms with Gasteiger partial charge in [-0.25, -0.2) is 4.98 Å². The van der Waals surface area contributed by atoms with Gasteiger partial charge in [-0.2, -0.15) is 0 Å². The number of nitrogens with zero attached hydrogens (tertiary/aromatic N) is 2. The summed E-state index contributed by atoms with van der Waals surface area (Å²) in [5, 5.41) is 0.336. The van der Waals surface area contributed by atoms with Crippen LogP contribution < -0.4 is 14.2 Å². The molecule has 0 spiro atoms. The smallest absolute Gasteiger partial charge is 0.284 e. The Balaban J connectivity index is 1.71. The van der Waals surface area contributed by atoms with Crippen LogP contribution in [-0.4, -0.2) is 49.4 Å². The molecular formula is C20H20N2O4S2. The second-order valence-electron chi connectivity index (χ2n) is 6.16. The van der Waals surface area contributed by atoms with Gasteiger partial charge in [-0.1, -0.05) is 12.1 Å². The molecule has 1 atom stereocenters. The number of ether oxygens (including phenoxy) is 3. The van der Waals surface area contributed by atoms with Crippen LogP contribution in [0, 0.1) is 0 Å². The van der Waals surface area contributed by atoms with E-state index in [-0.39, 0.29) is 11.3 Å². The van der Waals surface area contributed by atoms with Gasteiger partial charge in [-0.15, -0.1) is 23.1 Å². The number of rotatable bonds is 5. The number of methoxy groups -OCH3 is 3. The summed E-state index contributed by atoms with van der Waals surface area (Å²) in [4.78, 5) is 19.6. The highest BCUT2D eigenvalue weighted by Crippen LogP contribution is 2.46. The first kappa shape index (κ1) is 18.9. The van der Waals surface area contributed by atoms with E-state index >= 15 is 0 Å². The lowest BCUT2D eigenvalue weighted by Gasteiger charge is -2.25. The molecule has 28 heavy (non-hydrogen) atoms. The van der Waals surface area contributed by atoms with E-state index in [1.165, 1.54) is 11.3 Å². The van der Waals surface area contributed by atoms with Gasteiger partial charge < -0.3 is 19.1 Å². The number of thioether (sulfide) groups is 1. The van der Waals surface area contributed by atoms with Crippen molar-refractivity contribution in [3.05, 3.63) is 47.0 Å². The molecule has 4 rings (SSSR count). The third-order valence-corrected chi connectivity index (χ3v) is 6.90. The van der Waals surface area contributed by atoms with E-state index in [9.17, 15) is 4.79 Å². The van der Waals surface area contributed by atoms with Crippen molar-refractivity contribution in [2.45, 2.75) is 5.37 Å². The number of hydrogen-bond donors (Lipinski definition) is 0. The molecule has 1 fully saturated rings. The molecule has 1 amide bonds. The van der Waals surface area contributed by atoms with E-state index < -0.39 is 0 Å². The molecule has 0 aliphatic carbocycles. The van der Waals surface area contributed by atoms with Gasteiger partial charge in [0.1, 0.15) is 11.1 Å². The Morgan fingerprint density at radius 1 is 1.07 bits per heavy atom. The molecule has 2 heterocycles. The first-order valence-corrected chi connectivity index (χ1v) is 10.6. The minimum Gasteiger partial charge on any atom is -0.496 e. The van der Waals surface area contributed by atoms with Crippen LogP contribution >= 0.6 is 23.1 Å². The summed E-state index contributed by atoms with van der Waals surface area (Å²) < 4.78 is 17.4. The molecule has 1 aliphatic rings. The van der Waals surface area contributed by atoms with Crippen LogP contribution in [0.15, 0.2) is 36.4 Å². The summed E-state index contributed by atoms with van der Waals surface area (Å²) in [6.07, 6.45) is 0. The van der Waals surface area contributed by atoms with Crippen molar-refractivity contribution in [1.29, 1.82) is 0 Å². The molecule has 3 aromatic rings. The molecule has 0 radical (unpaired) electrons. The average molecular weight is 417 g/mol. The van der Waals surface area contributed by atoms with E-state index in [0.29, 0.717) is 28.8 Å². The maximum atomic E-state index is 13.2. The molecule has 1 aliphatic heterocycles. The number of carbonyl (C=O) groups excluding carboxylic acids is 1. The van der Waals surface area contributed by atoms with Crippen molar-refractivity contribution in [3.8, 4) is 17.2 Å². The molecule has 0 saturated carbocycles. The zero-order valence-corrected chi connectivity index (χ0v) is 17.4. The van der Waals surface area contributed by atoms with Crippen LogP contribution in [0.5, 0.6) is 17.2 Å². The summed E-state index contributed by atoms with van der Waals surface area (Å²) in [5.41, 5.74) is 1.74. The number of para-hydroxylation sites is 1. The lowest BCUT2D eigenvalue weighted by atomic mass is 10.1. The Bertz CT molecular complexity index is 988. The zero-order chi connectivity index (χ0) is 19.7. The number of hydrogen-bond acceptors (Lipinski definition) is 7. The fourth-order valence-corrected chi connectivity index (χ4v) is 5.46. The first-order valence-electron chi connectivity index (χ1n) is 8.74. The number of aromatic nitrogens is 1. The maximum absolute atomic E-state index is 13.2. The topological polar surface area (TPSA) is 60.9 Å². The normalized spacial score (nSPS) is 16.4. The molecule has 146 valence electrons. The van der Waals surface area contributed by atoms with Crippen LogP contribution in [0.1, 0.15) is 20.7 Å². The molecule has 1 unspecified atom stereocenters. The third kappa shape index (κ3) is 3.27. The van der Waals surface area contributed by atoms with Crippen molar-refractivity contribution in [3.63, 3.8) is 0 Å². The predicted octanol–water partition coefficient (Wildman–Crippen LogP) is 4.21. The van der Waals surface area contributed by atoms with E-state index in [0.717, 1.165) is 21.5 Å². The summed E-state index contributed by atoms with van der Waals surface area (Å²) >= 11 is 3.13. The highest BCUT2D eigenvalue weighted by molar-refractivity contribution is 7.99. The van der Waals surface area contributed by atoms with Crippen molar-refractivity contribution in [2.24, 2.45) is 0 Å². The summed E-state index contributed by atoms with van der Waals surface area (Å²) in [6, 6.07) is 11.5. The van der Waals surface area contributed by atoms with Gasteiger partial charge in [0.15, 0.2) is 16.5 Å². The summed E-state index contributed by atoms with van der Waals surface area (Å²) in [7, 11) is 4.80. The van der Waals surface area contributed by atoms with Gasteiger partial charge in [0.25, 0.3) is 5.91 Å². The Morgan fingerprint density at radius 2 is 1.79 bits per heavy atom. The number of benzene rings is 2. The van der Waals surface area contributed by atoms with Crippen LogP contribution in [-0.2, 0) is 0 Å². The monoisotopic (exact) mass is 416 g/mol. The van der Waals surface area contributed by atoms with Gasteiger partial charge in [0, 0.05) is 23.9 Å². The Morgan fingerprint density at radius 3 is 2.50 bits per heavy atom. The van der Waals surface area contributed by atoms with Crippen LogP contribution in [0.4, 0.5) is 0 Å². The maximum Gasteiger partial charge on any atom is 0.284 e. The van der Waals surface area contributed by atoms with Crippen molar-refractivity contribution < 1.29 is 19.0 Å². The molecule has 0 N–H and O–H groups in total. The minimum absolute atomic E-state index is 0.0620. The van der Waals surface area contributed by atoms with E-state index in [2.05, 4.69) is 4.98 Å². The largest absolute Gasteiger partial charge is 0.496 e. The lowest BCUT2D eigenvalue weighted by molar-refractivity contribution is 0.0759. The Labute approximate surface area is 171 Å². The fraction of sp³-hybridized carbons (Fsp3) is 0.300. The molecule has 1 aromatic heterocycles. The number of fused-ring (bicyclic) bond motifs is 1. The first-order chi connectivity index (χ1) is 13.7. The quantitative estimate of drug-likeness (QED) is 0.621. The highest BCUT2D eigenvalue weighted by atomic mass is 32.2. The van der Waals surface area contributed by atoms with Crippen molar-refractivity contribution >= 4 is 39.2 Å². The number of thiazole rings is 1. The standard InChI is InChI=1S/C20H20N2O4S2/c1-24-14-11-16(26-3)15(25-2)10-12(14)20-22(8-9-27-20)19(23)18-21-13-6-4-5-7-17(13)28-18/h4-7,10-11,20H,8-9H2,1-3H3. The van der Waals surface area contributed by atoms with E-state index in [1.54, 1.807) is 39.2 Å². The molecular weight excluding hydrogens is 396 g/mol. The Kier molecular flexibility index (Phi) is 5.32. The van der Waals surface area contributed by atoms with Crippen LogP contribution in [0.2, 0.25) is 0 Å². The highest BCUT2D eigenvalue weighted by Gasteiger charge is 2.35. The van der Waals surface area contributed by atoms with Crippen molar-refractivity contribution in [1.82, 2.24) is 9.88 Å². The molecule has 8 heteroatoms. The van der Waals surface area contributed by atoms with E-state index in [4.69, 9.17) is 14.2 Å². The van der Waals surface area contributed by atoms with Crippen LogP contribution in [0.3, 0.4) is 0 Å². The summed E-state index contributed by atoms with van der Waals surface area (Å²) in [6.45, 7) is 0.654. The van der Waals surface area contributed by atoms with Crippen molar-refractivity contribution in [2.75, 3.05) is 33.6 Å². The molecule has 1 saturated heterocycles. The number of carbonyl (C=O) groups is 1. The SMILES string of the molecule is COc1cc(OC)c(C2SCCN2C(=O)c2nc3ccccc3s2)cc1OC. The summed E-state index contributed by atoms with van der Waals surface area (Å²) in [5.74, 6) is 2.65. The second kappa shape index (κ2) is 7.89. The zero-order valence-electron chi connectivity index (χ0n) is 15.8. The Hall–Kier alpha value is -2.45. The molecule has 6 nitrogen and oxygen atoms in total. The van der Waals surface area contributed by atoms with Crippen LogP contribution in [0.25, 0.3) is 10.2 Å². The van der Waals surface area contributed by atoms with Gasteiger partial charge in [-0.3, -0.25) is 4.79 Å². The molecule has 2 aromatic carbocycles. The van der Waals surface area contributed by atoms with E-state index in [1.807, 2.05) is 35.2 Å². The average Bonchev–Trinajstić information content (AvgIpc) is 3.39. The fourth-order valence-electron chi connectivity index (χ4n) is 3.27. The third-order valence-electron chi connectivity index (χ3n) is 4.63. The minimum atomic E-state index is -0.172. The van der Waals surface area contributed by atoms with Gasteiger partial charge in [0.2, 0.25) is 0 Å². The predicted molar refractivity (Wildman–Crippen MR) is 112 cm³/mol. The molecule has 0 bridgehead atoms. The number of amides is 1.